The Kier molecular flexibility index (Phi) is 3.19. The molecule has 0 radical (unpaired) electrons. The molecule has 2 N–H and O–H groups in total. The average molecular weight is 213 g/mol. The highest BCUT2D eigenvalue weighted by atomic mass is 32.1. The number of aromatic nitrogens is 2. The van der Waals surface area contributed by atoms with E-state index < -0.39 is 11.1 Å². The summed E-state index contributed by atoms with van der Waals surface area (Å²) >= 11 is 4.68. The van der Waals surface area contributed by atoms with Crippen LogP contribution in [0.2, 0.25) is 0 Å². The minimum atomic E-state index is -0.550. The van der Waals surface area contributed by atoms with Crippen LogP contribution in [-0.2, 0) is 13.6 Å². The van der Waals surface area contributed by atoms with Gasteiger partial charge in [0.1, 0.15) is 0 Å². The number of thiocarbonyl (C=S) groups is 1. The van der Waals surface area contributed by atoms with Crippen molar-refractivity contribution >= 4 is 17.2 Å². The molecule has 0 aliphatic rings. The molecule has 0 bridgehead atoms. The third-order valence-electron chi connectivity index (χ3n) is 1.83. The summed E-state index contributed by atoms with van der Waals surface area (Å²) in [6.45, 7) is 0.351. The Labute approximate surface area is 85.8 Å². The monoisotopic (exact) mass is 213 g/mol. The average Bonchev–Trinajstić information content (AvgIpc) is 2.13. The van der Waals surface area contributed by atoms with Crippen molar-refractivity contribution in [2.24, 2.45) is 12.8 Å². The molecule has 0 aliphatic carbocycles. The van der Waals surface area contributed by atoms with Gasteiger partial charge in [-0.2, -0.15) is 0 Å². The highest BCUT2D eigenvalue weighted by Crippen LogP contribution is 1.85. The first kappa shape index (κ1) is 10.6. The summed E-state index contributed by atoms with van der Waals surface area (Å²) in [6, 6.07) is 0. The molecule has 0 fully saturated rings. The summed E-state index contributed by atoms with van der Waals surface area (Å²) in [7, 11) is 1.53. The molecule has 6 heteroatoms. The fraction of sp³-hybridized carbons (Fsp3) is 0.375. The zero-order valence-electron chi connectivity index (χ0n) is 7.77. The summed E-state index contributed by atoms with van der Waals surface area (Å²) in [5.41, 5.74) is 4.20. The molecule has 1 heterocycles. The molecule has 0 saturated carbocycles. The van der Waals surface area contributed by atoms with Gasteiger partial charge in [0.2, 0.25) is 0 Å². The van der Waals surface area contributed by atoms with Crippen molar-refractivity contribution < 1.29 is 0 Å². The maximum Gasteiger partial charge on any atom is 0.316 e. The normalized spacial score (nSPS) is 10.1. The standard InChI is InChI=1S/C8H11N3O2S/c1-10-4-5-11(3-2-6(9)14)8(13)7(10)12/h4-5H,2-3H2,1H3,(H2,9,14). The van der Waals surface area contributed by atoms with Crippen molar-refractivity contribution in [1.29, 1.82) is 0 Å². The van der Waals surface area contributed by atoms with Crippen LogP contribution in [0.5, 0.6) is 0 Å². The second kappa shape index (κ2) is 4.19. The minimum Gasteiger partial charge on any atom is -0.393 e. The van der Waals surface area contributed by atoms with Crippen LogP contribution < -0.4 is 16.9 Å². The first-order chi connectivity index (χ1) is 6.52. The minimum absolute atomic E-state index is 0.331. The molecule has 0 atom stereocenters. The Morgan fingerprint density at radius 3 is 2.64 bits per heavy atom. The number of aryl methyl sites for hydroxylation is 2. The Hall–Kier alpha value is -1.43. The first-order valence-corrected chi connectivity index (χ1v) is 4.47. The van der Waals surface area contributed by atoms with Gasteiger partial charge in [-0.3, -0.25) is 9.59 Å². The molecule has 0 unspecified atom stereocenters. The molecular formula is C8H11N3O2S. The lowest BCUT2D eigenvalue weighted by atomic mass is 10.4. The van der Waals surface area contributed by atoms with Gasteiger partial charge in [0.25, 0.3) is 0 Å². The van der Waals surface area contributed by atoms with E-state index in [0.717, 1.165) is 0 Å². The lowest BCUT2D eigenvalue weighted by Crippen LogP contribution is -2.39. The molecule has 0 aliphatic heterocycles. The summed E-state index contributed by atoms with van der Waals surface area (Å²) < 4.78 is 2.54. The fourth-order valence-corrected chi connectivity index (χ4v) is 1.09. The van der Waals surface area contributed by atoms with E-state index >= 15 is 0 Å². The quantitative estimate of drug-likeness (QED) is 0.528. The first-order valence-electron chi connectivity index (χ1n) is 4.06. The maximum absolute atomic E-state index is 11.3. The maximum atomic E-state index is 11.3. The van der Waals surface area contributed by atoms with Gasteiger partial charge >= 0.3 is 11.1 Å². The summed E-state index contributed by atoms with van der Waals surface area (Å²) in [5.74, 6) is 0. The van der Waals surface area contributed by atoms with Crippen molar-refractivity contribution in [1.82, 2.24) is 9.13 Å². The largest absolute Gasteiger partial charge is 0.393 e. The molecule has 1 aromatic heterocycles. The van der Waals surface area contributed by atoms with Gasteiger partial charge in [-0.25, -0.2) is 0 Å². The Morgan fingerprint density at radius 1 is 1.43 bits per heavy atom. The van der Waals surface area contributed by atoms with Gasteiger partial charge in [-0.05, 0) is 0 Å². The predicted octanol–water partition coefficient (Wildman–Crippen LogP) is -0.777. The van der Waals surface area contributed by atoms with E-state index in [-0.39, 0.29) is 0 Å². The number of hydrogen-bond donors (Lipinski definition) is 1. The van der Waals surface area contributed by atoms with Gasteiger partial charge < -0.3 is 14.9 Å². The molecule has 76 valence electrons. The Morgan fingerprint density at radius 2 is 2.07 bits per heavy atom. The van der Waals surface area contributed by atoms with Crippen molar-refractivity contribution in [3.8, 4) is 0 Å². The highest BCUT2D eigenvalue weighted by Gasteiger charge is 2.01. The third-order valence-corrected chi connectivity index (χ3v) is 2.04. The molecule has 0 amide bonds. The second-order valence-corrected chi connectivity index (χ2v) is 3.45. The zero-order chi connectivity index (χ0) is 10.7. The highest BCUT2D eigenvalue weighted by molar-refractivity contribution is 7.80. The summed E-state index contributed by atoms with van der Waals surface area (Å²) in [5, 5.41) is 0. The molecule has 14 heavy (non-hydrogen) atoms. The zero-order valence-corrected chi connectivity index (χ0v) is 8.58. The number of nitrogens with zero attached hydrogens (tertiary/aromatic N) is 2. The lowest BCUT2D eigenvalue weighted by Gasteiger charge is -2.04. The van der Waals surface area contributed by atoms with E-state index in [0.29, 0.717) is 18.0 Å². The van der Waals surface area contributed by atoms with Crippen LogP contribution >= 0.6 is 12.2 Å². The van der Waals surface area contributed by atoms with E-state index in [4.69, 9.17) is 5.73 Å². The molecule has 1 rings (SSSR count). The number of hydrogen-bond acceptors (Lipinski definition) is 3. The van der Waals surface area contributed by atoms with Crippen molar-refractivity contribution in [3.05, 3.63) is 33.1 Å². The van der Waals surface area contributed by atoms with Crippen LogP contribution in [0, 0.1) is 0 Å². The van der Waals surface area contributed by atoms with Crippen LogP contribution in [0.4, 0.5) is 0 Å². The van der Waals surface area contributed by atoms with Crippen LogP contribution in [-0.4, -0.2) is 14.1 Å². The van der Waals surface area contributed by atoms with E-state index in [1.807, 2.05) is 0 Å². The predicted molar refractivity (Wildman–Crippen MR) is 57.3 cm³/mol. The molecule has 5 nitrogen and oxygen atoms in total. The van der Waals surface area contributed by atoms with Gasteiger partial charge in [-0.15, -0.1) is 0 Å². The number of nitrogens with two attached hydrogens (primary N) is 1. The van der Waals surface area contributed by atoms with Crippen LogP contribution in [0.1, 0.15) is 6.42 Å². The van der Waals surface area contributed by atoms with Crippen molar-refractivity contribution in [2.75, 3.05) is 0 Å². The van der Waals surface area contributed by atoms with E-state index in [1.165, 1.54) is 22.4 Å². The van der Waals surface area contributed by atoms with Crippen LogP contribution in [0.3, 0.4) is 0 Å². The summed E-state index contributed by atoms with van der Waals surface area (Å²) in [4.78, 5) is 22.9. The molecule has 0 spiro atoms. The second-order valence-electron chi connectivity index (χ2n) is 2.93. The lowest BCUT2D eigenvalue weighted by molar-refractivity contribution is 0.654. The summed E-state index contributed by atoms with van der Waals surface area (Å²) in [6.07, 6.45) is 3.49. The van der Waals surface area contributed by atoms with E-state index in [1.54, 1.807) is 6.20 Å². The third kappa shape index (κ3) is 2.29. The van der Waals surface area contributed by atoms with Crippen molar-refractivity contribution in [3.63, 3.8) is 0 Å². The van der Waals surface area contributed by atoms with Gasteiger partial charge in [-0.1, -0.05) is 12.2 Å². The smallest absolute Gasteiger partial charge is 0.316 e. The van der Waals surface area contributed by atoms with E-state index in [2.05, 4.69) is 12.2 Å². The topological polar surface area (TPSA) is 70.0 Å². The van der Waals surface area contributed by atoms with E-state index in [9.17, 15) is 9.59 Å². The van der Waals surface area contributed by atoms with Gasteiger partial charge in [0.15, 0.2) is 0 Å². The van der Waals surface area contributed by atoms with Gasteiger partial charge in [0.05, 0.1) is 4.99 Å². The van der Waals surface area contributed by atoms with Crippen molar-refractivity contribution in [2.45, 2.75) is 13.0 Å². The number of rotatable bonds is 3. The van der Waals surface area contributed by atoms with Crippen LogP contribution in [0.15, 0.2) is 22.0 Å². The Balaban J connectivity index is 3.01. The fourth-order valence-electron chi connectivity index (χ4n) is 0.996. The Bertz CT molecular complexity index is 460. The molecule has 1 aromatic rings. The van der Waals surface area contributed by atoms with Gasteiger partial charge in [0, 0.05) is 32.4 Å². The molecule has 0 aromatic carbocycles. The SMILES string of the molecule is Cn1ccn(CCC(N)=S)c(=O)c1=O. The molecule has 0 saturated heterocycles. The molecular weight excluding hydrogens is 202 g/mol. The van der Waals surface area contributed by atoms with Crippen LogP contribution in [0.25, 0.3) is 0 Å².